The minimum Gasteiger partial charge on any atom is -0.480 e. The van der Waals surface area contributed by atoms with Crippen molar-refractivity contribution in [3.05, 3.63) is 59.7 Å². The third kappa shape index (κ3) is 4.77. The molecule has 35 heavy (non-hydrogen) atoms. The number of amides is 2. The largest absolute Gasteiger partial charge is 0.480 e. The molecule has 1 aliphatic carbocycles. The quantitative estimate of drug-likeness (QED) is 0.568. The number of nitrogens with one attached hydrogen (secondary N) is 1. The lowest BCUT2D eigenvalue weighted by atomic mass is 9.79. The Morgan fingerprint density at radius 3 is 2.17 bits per heavy atom. The minimum atomic E-state index is -0.969. The number of piperidine rings is 1. The number of carboxylic acids is 1. The van der Waals surface area contributed by atoms with Gasteiger partial charge in [-0.25, -0.2) is 9.59 Å². The molecule has 2 amide bonds. The zero-order valence-electron chi connectivity index (χ0n) is 20.5. The number of carboxylic acid groups (broad SMARTS) is 1. The van der Waals surface area contributed by atoms with Crippen LogP contribution in [0.25, 0.3) is 11.1 Å². The number of benzene rings is 2. The van der Waals surface area contributed by atoms with Gasteiger partial charge in [0.2, 0.25) is 5.91 Å². The molecule has 0 saturated carbocycles. The highest BCUT2D eigenvalue weighted by Gasteiger charge is 2.43. The van der Waals surface area contributed by atoms with E-state index in [4.69, 9.17) is 4.74 Å². The van der Waals surface area contributed by atoms with Gasteiger partial charge in [-0.3, -0.25) is 4.79 Å². The van der Waals surface area contributed by atoms with Gasteiger partial charge in [0.05, 0.1) is 5.41 Å². The Balaban J connectivity index is 1.41. The maximum atomic E-state index is 13.5. The van der Waals surface area contributed by atoms with Gasteiger partial charge in [-0.05, 0) is 54.4 Å². The van der Waals surface area contributed by atoms with Crippen LogP contribution in [0.2, 0.25) is 0 Å². The number of carbonyl (C=O) groups is 3. The number of hydrogen-bond donors (Lipinski definition) is 2. The highest BCUT2D eigenvalue weighted by molar-refractivity contribution is 5.88. The van der Waals surface area contributed by atoms with Crippen molar-refractivity contribution in [1.82, 2.24) is 10.2 Å². The predicted octanol–water partition coefficient (Wildman–Crippen LogP) is 4.80. The van der Waals surface area contributed by atoms with Crippen LogP contribution in [-0.4, -0.2) is 53.7 Å². The normalized spacial score (nSPS) is 17.4. The van der Waals surface area contributed by atoms with Crippen LogP contribution in [0.4, 0.5) is 4.79 Å². The van der Waals surface area contributed by atoms with Crippen molar-refractivity contribution < 1.29 is 24.2 Å². The standard InChI is InChI=1S/C28H34N2O5/c1-3-28(4-2,26(33)30-16-10-9-15-24(30)25(31)32)18-29-27(34)35-17-23-21-13-7-5-11-19(21)20-12-6-8-14-22(20)23/h5-8,11-14,23-24H,3-4,9-10,15-18H2,1-2H3,(H,29,34)(H,31,32)/t24-/m1/s1. The van der Waals surface area contributed by atoms with E-state index in [0.717, 1.165) is 35.1 Å². The molecule has 1 saturated heterocycles. The molecule has 7 heteroatoms. The number of carbonyl (C=O) groups excluding carboxylic acids is 2. The van der Waals surface area contributed by atoms with E-state index >= 15 is 0 Å². The fourth-order valence-corrected chi connectivity index (χ4v) is 5.50. The van der Waals surface area contributed by atoms with Gasteiger partial charge in [-0.1, -0.05) is 62.4 Å². The topological polar surface area (TPSA) is 95.9 Å². The molecule has 0 unspecified atom stereocenters. The van der Waals surface area contributed by atoms with Crippen molar-refractivity contribution in [3.63, 3.8) is 0 Å². The number of nitrogens with zero attached hydrogens (tertiary/aromatic N) is 1. The van der Waals surface area contributed by atoms with Gasteiger partial charge in [0, 0.05) is 19.0 Å². The first kappa shape index (κ1) is 24.8. The molecule has 0 bridgehead atoms. The van der Waals surface area contributed by atoms with Crippen molar-refractivity contribution in [1.29, 1.82) is 0 Å². The van der Waals surface area contributed by atoms with E-state index in [1.165, 1.54) is 4.90 Å². The highest BCUT2D eigenvalue weighted by Crippen LogP contribution is 2.44. The summed E-state index contributed by atoms with van der Waals surface area (Å²) in [6, 6.07) is 15.5. The van der Waals surface area contributed by atoms with Gasteiger partial charge in [-0.2, -0.15) is 0 Å². The van der Waals surface area contributed by atoms with Crippen LogP contribution in [-0.2, 0) is 14.3 Å². The fraction of sp³-hybridized carbons (Fsp3) is 0.464. The molecule has 2 aliphatic rings. The Morgan fingerprint density at radius 1 is 1.00 bits per heavy atom. The van der Waals surface area contributed by atoms with Crippen LogP contribution in [0.1, 0.15) is 63.0 Å². The maximum absolute atomic E-state index is 13.5. The van der Waals surface area contributed by atoms with Gasteiger partial charge in [0.25, 0.3) is 0 Å². The fourth-order valence-electron chi connectivity index (χ4n) is 5.50. The SMILES string of the molecule is CCC(CC)(CNC(=O)OCC1c2ccccc2-c2ccccc21)C(=O)N1CCCC[C@@H]1C(=O)O. The third-order valence-electron chi connectivity index (χ3n) is 7.77. The minimum absolute atomic E-state index is 0.0402. The molecule has 1 atom stereocenters. The van der Waals surface area contributed by atoms with Gasteiger partial charge in [-0.15, -0.1) is 0 Å². The monoisotopic (exact) mass is 478 g/mol. The van der Waals surface area contributed by atoms with E-state index in [1.54, 1.807) is 0 Å². The number of alkyl carbamates (subject to hydrolysis) is 1. The van der Waals surface area contributed by atoms with Crippen molar-refractivity contribution in [2.45, 2.75) is 57.9 Å². The van der Waals surface area contributed by atoms with Crippen molar-refractivity contribution in [2.75, 3.05) is 19.7 Å². The summed E-state index contributed by atoms with van der Waals surface area (Å²) in [6.07, 6.45) is 2.47. The molecule has 4 rings (SSSR count). The highest BCUT2D eigenvalue weighted by atomic mass is 16.5. The smallest absolute Gasteiger partial charge is 0.407 e. The Hall–Kier alpha value is -3.35. The van der Waals surface area contributed by atoms with Gasteiger partial charge in [0.1, 0.15) is 12.6 Å². The zero-order valence-corrected chi connectivity index (χ0v) is 20.5. The van der Waals surface area contributed by atoms with Gasteiger partial charge >= 0.3 is 12.1 Å². The summed E-state index contributed by atoms with van der Waals surface area (Å²) in [6.45, 7) is 4.55. The summed E-state index contributed by atoms with van der Waals surface area (Å²) in [5.74, 6) is -1.21. The molecule has 2 N–H and O–H groups in total. The van der Waals surface area contributed by atoms with Crippen molar-refractivity contribution in [2.24, 2.45) is 5.41 Å². The number of likely N-dealkylation sites (tertiary alicyclic amines) is 1. The first-order valence-corrected chi connectivity index (χ1v) is 12.5. The Kier molecular flexibility index (Phi) is 7.43. The first-order chi connectivity index (χ1) is 16.9. The summed E-state index contributed by atoms with van der Waals surface area (Å²) < 4.78 is 5.64. The number of rotatable bonds is 8. The summed E-state index contributed by atoms with van der Waals surface area (Å²) >= 11 is 0. The van der Waals surface area contributed by atoms with Crippen LogP contribution in [0.5, 0.6) is 0 Å². The lowest BCUT2D eigenvalue weighted by molar-refractivity contribution is -0.157. The third-order valence-corrected chi connectivity index (χ3v) is 7.77. The molecule has 0 spiro atoms. The van der Waals surface area contributed by atoms with Crippen LogP contribution < -0.4 is 5.32 Å². The molecule has 2 aromatic carbocycles. The van der Waals surface area contributed by atoms with E-state index in [0.29, 0.717) is 25.8 Å². The van der Waals surface area contributed by atoms with Gasteiger partial charge in [0.15, 0.2) is 0 Å². The second kappa shape index (κ2) is 10.5. The Bertz CT molecular complexity index is 1050. The lowest BCUT2D eigenvalue weighted by Crippen LogP contribution is -2.56. The summed E-state index contributed by atoms with van der Waals surface area (Å²) in [7, 11) is 0. The average molecular weight is 479 g/mol. The van der Waals surface area contributed by atoms with Crippen LogP contribution in [0.15, 0.2) is 48.5 Å². The number of ether oxygens (including phenoxy) is 1. The van der Waals surface area contributed by atoms with Crippen LogP contribution in [0.3, 0.4) is 0 Å². The molecular weight excluding hydrogens is 444 g/mol. The Labute approximate surface area is 206 Å². The first-order valence-electron chi connectivity index (χ1n) is 12.5. The van der Waals surface area contributed by atoms with E-state index in [1.807, 2.05) is 38.1 Å². The van der Waals surface area contributed by atoms with E-state index in [9.17, 15) is 19.5 Å². The lowest BCUT2D eigenvalue weighted by Gasteiger charge is -2.40. The molecular formula is C28H34N2O5. The zero-order chi connectivity index (χ0) is 25.0. The number of hydrogen-bond acceptors (Lipinski definition) is 4. The van der Waals surface area contributed by atoms with E-state index in [-0.39, 0.29) is 25.0 Å². The Morgan fingerprint density at radius 2 is 1.60 bits per heavy atom. The molecule has 7 nitrogen and oxygen atoms in total. The molecule has 0 radical (unpaired) electrons. The number of fused-ring (bicyclic) bond motifs is 3. The summed E-state index contributed by atoms with van der Waals surface area (Å²) in [5.41, 5.74) is 3.73. The molecule has 0 aromatic heterocycles. The summed E-state index contributed by atoms with van der Waals surface area (Å²) in [4.78, 5) is 39.5. The molecule has 1 aliphatic heterocycles. The van der Waals surface area contributed by atoms with Crippen molar-refractivity contribution in [3.8, 4) is 11.1 Å². The predicted molar refractivity (Wildman–Crippen MR) is 133 cm³/mol. The second-order valence-corrected chi connectivity index (χ2v) is 9.51. The van der Waals surface area contributed by atoms with E-state index in [2.05, 4.69) is 29.6 Å². The van der Waals surface area contributed by atoms with Crippen LogP contribution in [0, 0.1) is 5.41 Å². The molecule has 1 fully saturated rings. The van der Waals surface area contributed by atoms with Gasteiger partial charge < -0.3 is 20.1 Å². The summed E-state index contributed by atoms with van der Waals surface area (Å²) in [5, 5.41) is 12.4. The second-order valence-electron chi connectivity index (χ2n) is 9.51. The van der Waals surface area contributed by atoms with Crippen LogP contribution >= 0.6 is 0 Å². The molecule has 186 valence electrons. The number of aliphatic carboxylic acids is 1. The van der Waals surface area contributed by atoms with Crippen molar-refractivity contribution >= 4 is 18.0 Å². The maximum Gasteiger partial charge on any atom is 0.407 e. The average Bonchev–Trinajstić information content (AvgIpc) is 3.21. The molecule has 2 aromatic rings. The molecule has 1 heterocycles. The van der Waals surface area contributed by atoms with E-state index < -0.39 is 23.5 Å².